The van der Waals surface area contributed by atoms with E-state index in [2.05, 4.69) is 28.8 Å². The van der Waals surface area contributed by atoms with E-state index in [9.17, 15) is 0 Å². The van der Waals surface area contributed by atoms with Crippen LogP contribution in [-0.4, -0.2) is 21.6 Å². The van der Waals surface area contributed by atoms with E-state index < -0.39 is 0 Å². The highest BCUT2D eigenvalue weighted by Crippen LogP contribution is 2.23. The van der Waals surface area contributed by atoms with Gasteiger partial charge in [-0.15, -0.1) is 0 Å². The molecular formula is C17H19N3OS. The van der Waals surface area contributed by atoms with Crippen LogP contribution in [0.15, 0.2) is 47.8 Å². The normalized spacial score (nSPS) is 11.2. The van der Waals surface area contributed by atoms with Crippen LogP contribution in [0.2, 0.25) is 0 Å². The lowest BCUT2D eigenvalue weighted by Crippen LogP contribution is -2.04. The lowest BCUT2D eigenvalue weighted by Gasteiger charge is -2.09. The van der Waals surface area contributed by atoms with E-state index in [1.165, 1.54) is 0 Å². The lowest BCUT2D eigenvalue weighted by atomic mass is 10.2. The maximum atomic E-state index is 5.74. The quantitative estimate of drug-likeness (QED) is 0.690. The molecule has 4 nitrogen and oxygen atoms in total. The standard InChI is InChI=1S/C17H19N3OS/c1-12(2)10-21-14-7-8-18-13(9-14)11-22-17-19-15-5-3-4-6-16(15)20-17/h3-9,12H,10-11H2,1-2H3,(H,19,20). The molecule has 5 heteroatoms. The summed E-state index contributed by atoms with van der Waals surface area (Å²) in [5, 5.41) is 0.913. The Balaban J connectivity index is 1.64. The second kappa shape index (κ2) is 6.83. The molecule has 3 aromatic rings. The summed E-state index contributed by atoms with van der Waals surface area (Å²) in [6.07, 6.45) is 1.80. The number of benzene rings is 1. The van der Waals surface area contributed by atoms with Crippen LogP contribution in [0.4, 0.5) is 0 Å². The van der Waals surface area contributed by atoms with Gasteiger partial charge in [0.2, 0.25) is 0 Å². The number of hydrogen-bond acceptors (Lipinski definition) is 4. The van der Waals surface area contributed by atoms with Crippen molar-refractivity contribution in [1.82, 2.24) is 15.0 Å². The Hall–Kier alpha value is -2.01. The van der Waals surface area contributed by atoms with Crippen molar-refractivity contribution in [3.05, 3.63) is 48.3 Å². The van der Waals surface area contributed by atoms with Crippen molar-refractivity contribution in [1.29, 1.82) is 0 Å². The molecule has 0 saturated heterocycles. The number of imidazole rings is 1. The number of H-pyrrole nitrogens is 1. The Morgan fingerprint density at radius 3 is 2.91 bits per heavy atom. The van der Waals surface area contributed by atoms with Crippen molar-refractivity contribution < 1.29 is 4.74 Å². The third-order valence-corrected chi connectivity index (χ3v) is 4.00. The fraction of sp³-hybridized carbons (Fsp3) is 0.294. The molecule has 2 aromatic heterocycles. The summed E-state index contributed by atoms with van der Waals surface area (Å²) in [6, 6.07) is 11.9. The number of ether oxygens (including phenoxy) is 1. The number of aromatic nitrogens is 3. The van der Waals surface area contributed by atoms with Gasteiger partial charge in [0.15, 0.2) is 5.16 Å². The second-order valence-corrected chi connectivity index (χ2v) is 6.50. The molecule has 0 atom stereocenters. The van der Waals surface area contributed by atoms with E-state index in [1.807, 2.05) is 36.4 Å². The van der Waals surface area contributed by atoms with Gasteiger partial charge in [-0.05, 0) is 24.1 Å². The Bertz CT molecular complexity index is 721. The number of aromatic amines is 1. The minimum atomic E-state index is 0.515. The molecule has 0 aliphatic rings. The number of nitrogens with zero attached hydrogens (tertiary/aromatic N) is 2. The third-order valence-electron chi connectivity index (χ3n) is 3.10. The van der Waals surface area contributed by atoms with Crippen molar-refractivity contribution >= 4 is 22.8 Å². The molecule has 3 rings (SSSR count). The number of fused-ring (bicyclic) bond motifs is 1. The van der Waals surface area contributed by atoms with Gasteiger partial charge in [-0.3, -0.25) is 4.98 Å². The Morgan fingerprint density at radius 1 is 1.23 bits per heavy atom. The Kier molecular flexibility index (Phi) is 4.63. The first-order valence-corrected chi connectivity index (χ1v) is 8.34. The molecule has 0 bridgehead atoms. The number of nitrogens with one attached hydrogen (secondary N) is 1. The van der Waals surface area contributed by atoms with Crippen LogP contribution in [-0.2, 0) is 5.75 Å². The van der Waals surface area contributed by atoms with Gasteiger partial charge >= 0.3 is 0 Å². The molecule has 2 heterocycles. The molecule has 22 heavy (non-hydrogen) atoms. The van der Waals surface area contributed by atoms with Crippen LogP contribution in [0.1, 0.15) is 19.5 Å². The molecule has 0 amide bonds. The zero-order valence-corrected chi connectivity index (χ0v) is 13.6. The third kappa shape index (κ3) is 3.80. The highest BCUT2D eigenvalue weighted by Gasteiger charge is 2.05. The number of para-hydroxylation sites is 2. The smallest absolute Gasteiger partial charge is 0.166 e. The first-order valence-electron chi connectivity index (χ1n) is 7.36. The largest absolute Gasteiger partial charge is 0.493 e. The summed E-state index contributed by atoms with van der Waals surface area (Å²) in [4.78, 5) is 12.3. The summed E-state index contributed by atoms with van der Waals surface area (Å²) in [7, 11) is 0. The zero-order chi connectivity index (χ0) is 15.4. The van der Waals surface area contributed by atoms with Gasteiger partial charge in [0.1, 0.15) is 5.75 Å². The van der Waals surface area contributed by atoms with Crippen molar-refractivity contribution in [2.75, 3.05) is 6.61 Å². The molecule has 0 aliphatic carbocycles. The molecule has 114 valence electrons. The average molecular weight is 313 g/mol. The highest BCUT2D eigenvalue weighted by atomic mass is 32.2. The fourth-order valence-corrected chi connectivity index (χ4v) is 2.82. The van der Waals surface area contributed by atoms with Crippen molar-refractivity contribution in [2.45, 2.75) is 24.8 Å². The van der Waals surface area contributed by atoms with E-state index in [0.29, 0.717) is 5.92 Å². The Morgan fingerprint density at radius 2 is 2.09 bits per heavy atom. The lowest BCUT2D eigenvalue weighted by molar-refractivity contribution is 0.270. The molecule has 0 unspecified atom stereocenters. The average Bonchev–Trinajstić information content (AvgIpc) is 2.94. The fourth-order valence-electron chi connectivity index (χ4n) is 2.03. The molecule has 0 aliphatic heterocycles. The second-order valence-electron chi connectivity index (χ2n) is 5.54. The molecule has 1 aromatic carbocycles. The number of pyridine rings is 1. The van der Waals surface area contributed by atoms with E-state index in [0.717, 1.165) is 40.0 Å². The van der Waals surface area contributed by atoms with Crippen molar-refractivity contribution in [3.8, 4) is 5.75 Å². The van der Waals surface area contributed by atoms with Gasteiger partial charge in [-0.2, -0.15) is 0 Å². The molecule has 0 saturated carbocycles. The minimum Gasteiger partial charge on any atom is -0.493 e. The predicted molar refractivity (Wildman–Crippen MR) is 90.2 cm³/mol. The van der Waals surface area contributed by atoms with Crippen LogP contribution in [0, 0.1) is 5.92 Å². The number of hydrogen-bond donors (Lipinski definition) is 1. The van der Waals surface area contributed by atoms with Gasteiger partial charge < -0.3 is 9.72 Å². The van der Waals surface area contributed by atoms with Gasteiger partial charge in [-0.25, -0.2) is 4.98 Å². The molecule has 0 spiro atoms. The van der Waals surface area contributed by atoms with Gasteiger partial charge in [0, 0.05) is 18.0 Å². The topological polar surface area (TPSA) is 50.8 Å². The van der Waals surface area contributed by atoms with Crippen molar-refractivity contribution in [3.63, 3.8) is 0 Å². The SMILES string of the molecule is CC(C)COc1ccnc(CSc2nc3ccccc3[nH]2)c1. The summed E-state index contributed by atoms with van der Waals surface area (Å²) in [5.74, 6) is 2.16. The summed E-state index contributed by atoms with van der Waals surface area (Å²) in [6.45, 7) is 5.00. The van der Waals surface area contributed by atoms with E-state index in [4.69, 9.17) is 4.74 Å². The van der Waals surface area contributed by atoms with E-state index in [1.54, 1.807) is 18.0 Å². The van der Waals surface area contributed by atoms with E-state index in [-0.39, 0.29) is 0 Å². The van der Waals surface area contributed by atoms with Gasteiger partial charge in [-0.1, -0.05) is 37.7 Å². The van der Waals surface area contributed by atoms with Gasteiger partial charge in [0.25, 0.3) is 0 Å². The van der Waals surface area contributed by atoms with E-state index >= 15 is 0 Å². The highest BCUT2D eigenvalue weighted by molar-refractivity contribution is 7.98. The summed E-state index contributed by atoms with van der Waals surface area (Å²) < 4.78 is 5.74. The first kappa shape index (κ1) is 14.9. The van der Waals surface area contributed by atoms with Crippen LogP contribution < -0.4 is 4.74 Å². The van der Waals surface area contributed by atoms with Crippen LogP contribution in [0.5, 0.6) is 5.75 Å². The van der Waals surface area contributed by atoms with Crippen molar-refractivity contribution in [2.24, 2.45) is 5.92 Å². The summed E-state index contributed by atoms with van der Waals surface area (Å²) >= 11 is 1.65. The number of rotatable bonds is 6. The van der Waals surface area contributed by atoms with Crippen LogP contribution in [0.3, 0.4) is 0 Å². The minimum absolute atomic E-state index is 0.515. The molecule has 1 N–H and O–H groups in total. The summed E-state index contributed by atoms with van der Waals surface area (Å²) in [5.41, 5.74) is 3.05. The van der Waals surface area contributed by atoms with Crippen LogP contribution in [0.25, 0.3) is 11.0 Å². The Labute approximate surface area is 134 Å². The molecule has 0 fully saturated rings. The van der Waals surface area contributed by atoms with Gasteiger partial charge in [0.05, 0.1) is 23.3 Å². The maximum Gasteiger partial charge on any atom is 0.166 e. The molecular weight excluding hydrogens is 294 g/mol. The maximum absolute atomic E-state index is 5.74. The molecule has 0 radical (unpaired) electrons. The first-order chi connectivity index (χ1) is 10.7. The van der Waals surface area contributed by atoms with Crippen LogP contribution >= 0.6 is 11.8 Å². The monoisotopic (exact) mass is 313 g/mol. The number of thioether (sulfide) groups is 1. The predicted octanol–water partition coefficient (Wildman–Crippen LogP) is 4.29. The zero-order valence-electron chi connectivity index (χ0n) is 12.7.